The van der Waals surface area contributed by atoms with Gasteiger partial charge in [0, 0.05) is 28.0 Å². The van der Waals surface area contributed by atoms with Gasteiger partial charge in [-0.15, -0.1) is 92.8 Å². The molecule has 2 saturated carbocycles. The lowest BCUT2D eigenvalue weighted by Gasteiger charge is -2.45. The number of rotatable bonds is 3. The maximum absolute atomic E-state index is 6.45. The summed E-state index contributed by atoms with van der Waals surface area (Å²) in [5.41, 5.74) is -1.53. The van der Waals surface area contributed by atoms with Gasteiger partial charge < -0.3 is 0 Å². The van der Waals surface area contributed by atoms with Gasteiger partial charge in [-0.25, -0.2) is 0 Å². The van der Waals surface area contributed by atoms with Gasteiger partial charge in [-0.1, -0.05) is 0 Å². The number of alkyl halides is 8. The van der Waals surface area contributed by atoms with Crippen molar-refractivity contribution in [3.63, 3.8) is 0 Å². The first-order valence-electron chi connectivity index (χ1n) is 5.31. The molecule has 2 aliphatic carbocycles. The van der Waals surface area contributed by atoms with E-state index in [0.29, 0.717) is 6.42 Å². The first kappa shape index (κ1) is 16.7. The summed E-state index contributed by atoms with van der Waals surface area (Å²) in [4.78, 5) is -1.57. The molecular formula is C10H10Cl8. The molecule has 0 aromatic heterocycles. The van der Waals surface area contributed by atoms with Gasteiger partial charge in [-0.2, -0.15) is 0 Å². The third kappa shape index (κ3) is 1.80. The van der Waals surface area contributed by atoms with Gasteiger partial charge in [0.25, 0.3) is 0 Å². The fourth-order valence-corrected chi connectivity index (χ4v) is 8.11. The molecule has 6 atom stereocenters. The van der Waals surface area contributed by atoms with Crippen LogP contribution in [0.15, 0.2) is 0 Å². The van der Waals surface area contributed by atoms with Crippen molar-refractivity contribution in [3.8, 4) is 0 Å². The third-order valence-corrected chi connectivity index (χ3v) is 8.24. The molecule has 0 aliphatic heterocycles. The van der Waals surface area contributed by atoms with E-state index in [9.17, 15) is 0 Å². The van der Waals surface area contributed by atoms with Crippen LogP contribution < -0.4 is 0 Å². The second-order valence-electron chi connectivity index (χ2n) is 4.91. The van der Waals surface area contributed by atoms with Crippen molar-refractivity contribution in [2.75, 3.05) is 5.88 Å². The van der Waals surface area contributed by atoms with Crippen molar-refractivity contribution in [1.29, 1.82) is 0 Å². The lowest BCUT2D eigenvalue weighted by Crippen LogP contribution is -2.50. The number of hydrogen-bond acceptors (Lipinski definition) is 0. The largest absolute Gasteiger partial charge is 0.126 e. The van der Waals surface area contributed by atoms with Crippen LogP contribution in [0.3, 0.4) is 0 Å². The van der Waals surface area contributed by atoms with Gasteiger partial charge in [0.1, 0.15) is 9.67 Å². The molecule has 0 radical (unpaired) electrons. The smallest absolute Gasteiger partial charge is 0.115 e. The van der Waals surface area contributed by atoms with Gasteiger partial charge in [0.2, 0.25) is 0 Å². The molecule has 2 rings (SSSR count). The van der Waals surface area contributed by atoms with E-state index >= 15 is 0 Å². The maximum Gasteiger partial charge on any atom is 0.115 e. The molecule has 0 amide bonds. The van der Waals surface area contributed by atoms with Crippen molar-refractivity contribution in [1.82, 2.24) is 0 Å². The van der Waals surface area contributed by atoms with Crippen molar-refractivity contribution in [3.05, 3.63) is 0 Å². The van der Waals surface area contributed by atoms with Crippen molar-refractivity contribution in [2.24, 2.45) is 16.7 Å². The van der Waals surface area contributed by atoms with Crippen LogP contribution in [0.1, 0.15) is 6.42 Å². The van der Waals surface area contributed by atoms with E-state index in [1.165, 1.54) is 0 Å². The fourth-order valence-electron chi connectivity index (χ4n) is 3.62. The van der Waals surface area contributed by atoms with E-state index in [0.717, 1.165) is 0 Å². The van der Waals surface area contributed by atoms with Crippen LogP contribution in [0, 0.1) is 16.7 Å². The minimum atomic E-state index is -0.784. The third-order valence-electron chi connectivity index (χ3n) is 4.50. The molecular weight excluding hydrogens is 404 g/mol. The SMILES string of the molecule is ClCC1(C(Cl)Cl)C2[C@@H](Cl)[C@H](Cl)C1(C(Cl)Cl)C[C@@H]2Cl. The normalized spacial score (nSPS) is 51.7. The fraction of sp³-hybridized carbons (Fsp3) is 1.00. The summed E-state index contributed by atoms with van der Waals surface area (Å²) >= 11 is 50.1. The predicted octanol–water partition coefficient (Wildman–Crippen LogP) is 5.66. The topological polar surface area (TPSA) is 0 Å². The van der Waals surface area contributed by atoms with Crippen LogP contribution in [0.5, 0.6) is 0 Å². The highest BCUT2D eigenvalue weighted by Crippen LogP contribution is 2.75. The Morgan fingerprint density at radius 1 is 1.00 bits per heavy atom. The van der Waals surface area contributed by atoms with Crippen LogP contribution >= 0.6 is 92.8 Å². The Balaban J connectivity index is 2.64. The highest BCUT2D eigenvalue weighted by atomic mass is 35.5. The highest BCUT2D eigenvalue weighted by Gasteiger charge is 2.78. The van der Waals surface area contributed by atoms with Crippen LogP contribution in [0.25, 0.3) is 0 Å². The van der Waals surface area contributed by atoms with Crippen LogP contribution in [-0.2, 0) is 0 Å². The van der Waals surface area contributed by atoms with E-state index in [1.54, 1.807) is 0 Å². The zero-order chi connectivity index (χ0) is 13.9. The molecule has 2 aliphatic rings. The Bertz CT molecular complexity index is 326. The van der Waals surface area contributed by atoms with Crippen LogP contribution in [0.4, 0.5) is 0 Å². The van der Waals surface area contributed by atoms with Crippen molar-refractivity contribution in [2.45, 2.75) is 32.2 Å². The van der Waals surface area contributed by atoms with Gasteiger partial charge in [0.15, 0.2) is 0 Å². The average Bonchev–Trinajstić information content (AvgIpc) is 2.66. The summed E-state index contributed by atoms with van der Waals surface area (Å²) in [5.74, 6) is -0.0400. The molecule has 0 saturated heterocycles. The molecule has 0 N–H and O–H groups in total. The Morgan fingerprint density at radius 2 is 1.56 bits per heavy atom. The molecule has 3 unspecified atom stereocenters. The summed E-state index contributed by atoms with van der Waals surface area (Å²) in [5, 5.41) is -1.10. The summed E-state index contributed by atoms with van der Waals surface area (Å²) in [6.07, 6.45) is 0.511. The monoisotopic (exact) mass is 410 g/mol. The van der Waals surface area contributed by atoms with Crippen LogP contribution in [0.2, 0.25) is 0 Å². The Morgan fingerprint density at radius 3 is 1.89 bits per heavy atom. The zero-order valence-electron chi connectivity index (χ0n) is 8.90. The van der Waals surface area contributed by atoms with Crippen molar-refractivity contribution >= 4 is 92.8 Å². The first-order chi connectivity index (χ1) is 8.27. The molecule has 8 heteroatoms. The molecule has 0 heterocycles. The second kappa shape index (κ2) is 5.51. The Labute approximate surface area is 146 Å². The van der Waals surface area contributed by atoms with Crippen molar-refractivity contribution < 1.29 is 0 Å². The quantitative estimate of drug-likeness (QED) is 0.524. The molecule has 0 nitrogen and oxygen atoms in total. The predicted molar refractivity (Wildman–Crippen MR) is 83.6 cm³/mol. The summed E-state index contributed by atoms with van der Waals surface area (Å²) < 4.78 is 0. The molecule has 18 heavy (non-hydrogen) atoms. The highest BCUT2D eigenvalue weighted by molar-refractivity contribution is 6.48. The maximum atomic E-state index is 6.45. The molecule has 0 aromatic carbocycles. The zero-order valence-corrected chi connectivity index (χ0v) is 14.9. The number of hydrogen-bond donors (Lipinski definition) is 0. The minimum absolute atomic E-state index is 0.168. The van der Waals surface area contributed by atoms with Gasteiger partial charge in [-0.05, 0) is 6.42 Å². The van der Waals surface area contributed by atoms with Gasteiger partial charge >= 0.3 is 0 Å². The summed E-state index contributed by atoms with van der Waals surface area (Å²) in [6, 6.07) is 0. The van der Waals surface area contributed by atoms with Crippen LogP contribution in [-0.4, -0.2) is 31.7 Å². The molecule has 0 spiro atoms. The van der Waals surface area contributed by atoms with E-state index in [1.807, 2.05) is 0 Å². The van der Waals surface area contributed by atoms with E-state index in [4.69, 9.17) is 92.8 Å². The molecule has 106 valence electrons. The summed E-state index contributed by atoms with van der Waals surface area (Å²) in [7, 11) is 0. The van der Waals surface area contributed by atoms with E-state index in [-0.39, 0.29) is 17.2 Å². The molecule has 0 aromatic rings. The first-order valence-corrected chi connectivity index (χ1v) is 8.90. The second-order valence-corrected chi connectivity index (χ2v) is 8.90. The average molecular weight is 414 g/mol. The lowest BCUT2D eigenvalue weighted by molar-refractivity contribution is 0.144. The number of fused-ring (bicyclic) bond motifs is 2. The van der Waals surface area contributed by atoms with E-state index < -0.39 is 31.3 Å². The lowest BCUT2D eigenvalue weighted by atomic mass is 9.70. The van der Waals surface area contributed by atoms with Gasteiger partial charge in [-0.3, -0.25) is 0 Å². The minimum Gasteiger partial charge on any atom is -0.126 e. The Hall–Kier alpha value is 2.32. The molecule has 2 bridgehead atoms. The van der Waals surface area contributed by atoms with Gasteiger partial charge in [0.05, 0.1) is 10.8 Å². The number of halogens is 8. The molecule has 2 fully saturated rings. The standard InChI is InChI=1S/C10H10Cl8/c11-2-10(8(17)18)4-3(12)1-9(10,7(15)16)6(14)5(4)13/h3-8H,1-2H2/t3-,4?,5+,6-,9?,10?/m0/s1. The van der Waals surface area contributed by atoms with E-state index in [2.05, 4.69) is 0 Å². The summed E-state index contributed by atoms with van der Waals surface area (Å²) in [6.45, 7) is 0. The Kier molecular flexibility index (Phi) is 5.10.